The number of anilines is 1. The number of urea groups is 1. The highest BCUT2D eigenvalue weighted by Gasteiger charge is 2.27. The zero-order valence-corrected chi connectivity index (χ0v) is 15.0. The zero-order valence-electron chi connectivity index (χ0n) is 14.2. The van der Waals surface area contributed by atoms with E-state index in [2.05, 4.69) is 9.88 Å². The fraction of sp³-hybridized carbons (Fsp3) is 0.471. The molecule has 0 spiro atoms. The number of hydrogen-bond acceptors (Lipinski definition) is 4. The molecule has 1 aromatic carbocycles. The minimum absolute atomic E-state index is 0.0288. The Balaban J connectivity index is 1.79. The molecule has 7 heteroatoms. The Hall–Kier alpha value is -2.08. The van der Waals surface area contributed by atoms with Crippen LogP contribution in [0.4, 0.5) is 10.6 Å². The largest absolute Gasteiger partial charge is 0.353 e. The third-order valence-electron chi connectivity index (χ3n) is 4.44. The Kier molecular flexibility index (Phi) is 4.76. The second kappa shape index (κ2) is 6.81. The molecule has 0 radical (unpaired) electrons. The average molecular weight is 348 g/mol. The van der Waals surface area contributed by atoms with Gasteiger partial charge < -0.3 is 14.7 Å². The number of benzene rings is 1. The first-order valence-corrected chi connectivity index (χ1v) is 8.45. The summed E-state index contributed by atoms with van der Waals surface area (Å²) in [5.41, 5.74) is 1.62. The average Bonchev–Trinajstić information content (AvgIpc) is 2.60. The van der Waals surface area contributed by atoms with Crippen molar-refractivity contribution in [2.24, 2.45) is 0 Å². The van der Waals surface area contributed by atoms with E-state index in [1.165, 1.54) is 0 Å². The van der Waals surface area contributed by atoms with Crippen LogP contribution in [0.15, 0.2) is 24.4 Å². The standard InChI is InChI=1S/C17H22ClN5O/c1-21(2)17(24)22(3)13-5-4-8-23(11-13)16-10-19-15-9-12(18)6-7-14(15)20-16/h6-7,9-10,13H,4-5,8,11H2,1-3H3. The second-order valence-corrected chi connectivity index (χ2v) is 6.83. The van der Waals surface area contributed by atoms with Gasteiger partial charge in [-0.2, -0.15) is 0 Å². The first-order valence-electron chi connectivity index (χ1n) is 8.07. The van der Waals surface area contributed by atoms with Gasteiger partial charge in [-0.15, -0.1) is 0 Å². The maximum absolute atomic E-state index is 12.2. The molecule has 0 bridgehead atoms. The highest BCUT2D eigenvalue weighted by Crippen LogP contribution is 2.23. The van der Waals surface area contributed by atoms with E-state index in [1.807, 2.05) is 30.1 Å². The van der Waals surface area contributed by atoms with E-state index in [0.29, 0.717) is 5.02 Å². The van der Waals surface area contributed by atoms with Crippen LogP contribution in [0.3, 0.4) is 0 Å². The Labute approximate surface area is 147 Å². The van der Waals surface area contributed by atoms with Crippen molar-refractivity contribution in [1.29, 1.82) is 0 Å². The molecule has 1 saturated heterocycles. The molecule has 2 aromatic rings. The van der Waals surface area contributed by atoms with Crippen molar-refractivity contribution in [3.05, 3.63) is 29.4 Å². The molecular weight excluding hydrogens is 326 g/mol. The van der Waals surface area contributed by atoms with Crippen LogP contribution in [-0.4, -0.2) is 66.1 Å². The third-order valence-corrected chi connectivity index (χ3v) is 4.68. The van der Waals surface area contributed by atoms with Crippen molar-refractivity contribution >= 4 is 34.5 Å². The highest BCUT2D eigenvalue weighted by molar-refractivity contribution is 6.31. The van der Waals surface area contributed by atoms with Gasteiger partial charge in [-0.25, -0.2) is 9.78 Å². The molecule has 1 aliphatic heterocycles. The van der Waals surface area contributed by atoms with Crippen LogP contribution in [0, 0.1) is 0 Å². The molecule has 1 aliphatic rings. The number of rotatable bonds is 2. The van der Waals surface area contributed by atoms with E-state index < -0.39 is 0 Å². The molecule has 24 heavy (non-hydrogen) atoms. The maximum atomic E-state index is 12.2. The Morgan fingerprint density at radius 2 is 2.08 bits per heavy atom. The summed E-state index contributed by atoms with van der Waals surface area (Å²) in [5, 5.41) is 0.659. The number of nitrogens with zero attached hydrogens (tertiary/aromatic N) is 5. The van der Waals surface area contributed by atoms with Crippen LogP contribution in [0.25, 0.3) is 11.0 Å². The predicted molar refractivity (Wildman–Crippen MR) is 96.6 cm³/mol. The second-order valence-electron chi connectivity index (χ2n) is 6.39. The molecule has 1 fully saturated rings. The van der Waals surface area contributed by atoms with E-state index in [9.17, 15) is 4.79 Å². The summed E-state index contributed by atoms with van der Waals surface area (Å²) in [6, 6.07) is 5.73. The summed E-state index contributed by atoms with van der Waals surface area (Å²) >= 11 is 6.00. The molecule has 3 rings (SSSR count). The molecule has 0 aliphatic carbocycles. The number of carbonyl (C=O) groups is 1. The van der Waals surface area contributed by atoms with Gasteiger partial charge in [-0.1, -0.05) is 11.6 Å². The van der Waals surface area contributed by atoms with Crippen LogP contribution in [-0.2, 0) is 0 Å². The van der Waals surface area contributed by atoms with Crippen molar-refractivity contribution in [2.75, 3.05) is 39.1 Å². The number of fused-ring (bicyclic) bond motifs is 1. The fourth-order valence-electron chi connectivity index (χ4n) is 3.08. The number of halogens is 1. The quantitative estimate of drug-likeness (QED) is 0.838. The smallest absolute Gasteiger partial charge is 0.319 e. The van der Waals surface area contributed by atoms with E-state index in [1.54, 1.807) is 25.2 Å². The minimum atomic E-state index is 0.0288. The highest BCUT2D eigenvalue weighted by atomic mass is 35.5. The number of aromatic nitrogens is 2. The molecule has 1 unspecified atom stereocenters. The molecule has 6 nitrogen and oxygen atoms in total. The van der Waals surface area contributed by atoms with Gasteiger partial charge in [0, 0.05) is 39.3 Å². The summed E-state index contributed by atoms with van der Waals surface area (Å²) in [7, 11) is 5.42. The summed E-state index contributed by atoms with van der Waals surface area (Å²) in [4.78, 5) is 27.0. The topological polar surface area (TPSA) is 52.6 Å². The lowest BCUT2D eigenvalue weighted by atomic mass is 10.0. The molecule has 0 N–H and O–H groups in total. The Bertz CT molecular complexity index is 751. The van der Waals surface area contributed by atoms with E-state index in [0.717, 1.165) is 42.8 Å². The molecule has 1 aromatic heterocycles. The van der Waals surface area contributed by atoms with Gasteiger partial charge in [0.05, 0.1) is 23.3 Å². The lowest BCUT2D eigenvalue weighted by Crippen LogP contribution is -2.51. The maximum Gasteiger partial charge on any atom is 0.319 e. The normalized spacial score (nSPS) is 17.8. The summed E-state index contributed by atoms with van der Waals surface area (Å²) in [6.45, 7) is 1.69. The zero-order chi connectivity index (χ0) is 17.3. The van der Waals surface area contributed by atoms with Crippen LogP contribution in [0.1, 0.15) is 12.8 Å². The van der Waals surface area contributed by atoms with Crippen LogP contribution in [0.5, 0.6) is 0 Å². The first-order chi connectivity index (χ1) is 11.5. The van der Waals surface area contributed by atoms with Crippen molar-refractivity contribution in [3.8, 4) is 0 Å². The number of hydrogen-bond donors (Lipinski definition) is 0. The SMILES string of the molecule is CN(C)C(=O)N(C)C1CCCN(c2cnc3cc(Cl)ccc3n2)C1. The van der Waals surface area contributed by atoms with Crippen LogP contribution in [0.2, 0.25) is 5.02 Å². The van der Waals surface area contributed by atoms with Crippen molar-refractivity contribution in [2.45, 2.75) is 18.9 Å². The monoisotopic (exact) mass is 347 g/mol. The van der Waals surface area contributed by atoms with Crippen molar-refractivity contribution in [1.82, 2.24) is 19.8 Å². The number of piperidine rings is 1. The van der Waals surface area contributed by atoms with Crippen LogP contribution >= 0.6 is 11.6 Å². The number of likely N-dealkylation sites (N-methyl/N-ethyl adjacent to an activating group) is 1. The molecule has 1 atom stereocenters. The van der Waals surface area contributed by atoms with Crippen molar-refractivity contribution in [3.63, 3.8) is 0 Å². The number of amides is 2. The molecular formula is C17H22ClN5O. The third kappa shape index (κ3) is 3.38. The Morgan fingerprint density at radius 1 is 1.29 bits per heavy atom. The van der Waals surface area contributed by atoms with Gasteiger partial charge in [-0.3, -0.25) is 4.98 Å². The predicted octanol–water partition coefficient (Wildman–Crippen LogP) is 2.87. The minimum Gasteiger partial charge on any atom is -0.353 e. The molecule has 128 valence electrons. The molecule has 2 heterocycles. The molecule has 2 amide bonds. The van der Waals surface area contributed by atoms with Gasteiger partial charge in [0.2, 0.25) is 0 Å². The van der Waals surface area contributed by atoms with E-state index in [4.69, 9.17) is 16.6 Å². The van der Waals surface area contributed by atoms with Gasteiger partial charge in [-0.05, 0) is 31.0 Å². The van der Waals surface area contributed by atoms with Gasteiger partial charge in [0.15, 0.2) is 0 Å². The lowest BCUT2D eigenvalue weighted by Gasteiger charge is -2.38. The number of carbonyl (C=O) groups excluding carboxylic acids is 1. The van der Waals surface area contributed by atoms with Gasteiger partial charge in [0.25, 0.3) is 0 Å². The van der Waals surface area contributed by atoms with Crippen molar-refractivity contribution < 1.29 is 4.79 Å². The van der Waals surface area contributed by atoms with E-state index >= 15 is 0 Å². The summed E-state index contributed by atoms with van der Waals surface area (Å²) < 4.78 is 0. The molecule has 0 saturated carbocycles. The fourth-order valence-corrected chi connectivity index (χ4v) is 3.24. The lowest BCUT2D eigenvalue weighted by molar-refractivity contribution is 0.157. The van der Waals surface area contributed by atoms with E-state index in [-0.39, 0.29) is 12.1 Å². The van der Waals surface area contributed by atoms with Crippen LogP contribution < -0.4 is 4.90 Å². The van der Waals surface area contributed by atoms with Gasteiger partial charge in [0.1, 0.15) is 5.82 Å². The Morgan fingerprint density at radius 3 is 2.83 bits per heavy atom. The summed E-state index contributed by atoms with van der Waals surface area (Å²) in [6.07, 6.45) is 3.81. The summed E-state index contributed by atoms with van der Waals surface area (Å²) in [5.74, 6) is 0.847. The first kappa shape index (κ1) is 16.8. The van der Waals surface area contributed by atoms with Gasteiger partial charge >= 0.3 is 6.03 Å².